The third-order valence-corrected chi connectivity index (χ3v) is 6.12. The van der Waals surface area contributed by atoms with Crippen molar-refractivity contribution in [2.45, 2.75) is 13.5 Å². The Morgan fingerprint density at radius 1 is 1.21 bits per heavy atom. The lowest BCUT2D eigenvalue weighted by Crippen LogP contribution is -2.46. The smallest absolute Gasteiger partial charge is 0.191 e. The van der Waals surface area contributed by atoms with Crippen LogP contribution >= 0.6 is 24.0 Å². The molecule has 0 amide bonds. The molecular formula is C19H33IN4O3S. The summed E-state index contributed by atoms with van der Waals surface area (Å²) in [7, 11) is -1.07. The number of nitrogens with one attached hydrogen (secondary N) is 2. The van der Waals surface area contributed by atoms with Crippen LogP contribution in [0.1, 0.15) is 12.5 Å². The largest absolute Gasteiger partial charge is 0.376 e. The molecule has 1 unspecified atom stereocenters. The van der Waals surface area contributed by atoms with Gasteiger partial charge in [-0.1, -0.05) is 37.3 Å². The Hall–Kier alpha value is -0.910. The van der Waals surface area contributed by atoms with Gasteiger partial charge in [-0.05, 0) is 11.5 Å². The molecule has 1 aliphatic rings. The molecule has 0 saturated carbocycles. The SMILES string of the molecule is CN=C(NCCN1CCS(=O)(=O)CC1)NCC(C)COCc1ccccc1.I. The Morgan fingerprint density at radius 3 is 2.54 bits per heavy atom. The van der Waals surface area contributed by atoms with Gasteiger partial charge in [-0.3, -0.25) is 9.89 Å². The van der Waals surface area contributed by atoms with E-state index in [4.69, 9.17) is 4.74 Å². The quantitative estimate of drug-likeness (QED) is 0.289. The second-order valence-electron chi connectivity index (χ2n) is 6.98. The van der Waals surface area contributed by atoms with Crippen LogP contribution in [0.2, 0.25) is 0 Å². The number of hydrogen-bond donors (Lipinski definition) is 2. The van der Waals surface area contributed by atoms with Gasteiger partial charge >= 0.3 is 0 Å². The molecule has 9 heteroatoms. The zero-order valence-corrected chi connectivity index (χ0v) is 19.9. The Labute approximate surface area is 186 Å². The van der Waals surface area contributed by atoms with Gasteiger partial charge in [0.15, 0.2) is 15.8 Å². The van der Waals surface area contributed by atoms with Gasteiger partial charge in [-0.15, -0.1) is 24.0 Å². The first kappa shape index (κ1) is 25.1. The highest BCUT2D eigenvalue weighted by Crippen LogP contribution is 2.03. The maximum atomic E-state index is 11.4. The van der Waals surface area contributed by atoms with Crippen LogP contribution in [0.3, 0.4) is 0 Å². The molecule has 1 atom stereocenters. The predicted octanol–water partition coefficient (Wildman–Crippen LogP) is 1.35. The van der Waals surface area contributed by atoms with Gasteiger partial charge in [0.1, 0.15) is 0 Å². The molecule has 1 saturated heterocycles. The van der Waals surface area contributed by atoms with E-state index in [1.807, 2.05) is 18.2 Å². The van der Waals surface area contributed by atoms with Crippen LogP contribution in [0, 0.1) is 5.92 Å². The molecule has 160 valence electrons. The summed E-state index contributed by atoms with van der Waals surface area (Å²) in [6.45, 7) is 7.00. The van der Waals surface area contributed by atoms with Crippen molar-refractivity contribution in [2.75, 3.05) is 57.9 Å². The Kier molecular flexibility index (Phi) is 12.0. The van der Waals surface area contributed by atoms with Crippen molar-refractivity contribution in [3.05, 3.63) is 35.9 Å². The van der Waals surface area contributed by atoms with E-state index in [-0.39, 0.29) is 35.5 Å². The Balaban J connectivity index is 0.00000392. The molecule has 2 N–H and O–H groups in total. The van der Waals surface area contributed by atoms with Crippen LogP contribution in [0.15, 0.2) is 35.3 Å². The number of guanidine groups is 1. The van der Waals surface area contributed by atoms with Crippen LogP contribution in [-0.2, 0) is 21.2 Å². The summed E-state index contributed by atoms with van der Waals surface area (Å²) in [5.41, 5.74) is 1.18. The molecule has 1 aliphatic heterocycles. The molecule has 28 heavy (non-hydrogen) atoms. The van der Waals surface area contributed by atoms with E-state index >= 15 is 0 Å². The fraction of sp³-hybridized carbons (Fsp3) is 0.632. The number of halogens is 1. The van der Waals surface area contributed by atoms with Gasteiger partial charge in [-0.25, -0.2) is 8.42 Å². The molecule has 1 aromatic rings. The zero-order chi connectivity index (χ0) is 19.5. The Morgan fingerprint density at radius 2 is 1.89 bits per heavy atom. The van der Waals surface area contributed by atoms with Crippen LogP contribution in [0.4, 0.5) is 0 Å². The first-order valence-electron chi connectivity index (χ1n) is 9.47. The van der Waals surface area contributed by atoms with Crippen molar-refractivity contribution >= 4 is 39.8 Å². The van der Waals surface area contributed by atoms with E-state index in [9.17, 15) is 8.42 Å². The molecule has 7 nitrogen and oxygen atoms in total. The average molecular weight is 524 g/mol. The van der Waals surface area contributed by atoms with Crippen molar-refractivity contribution in [1.82, 2.24) is 15.5 Å². The molecular weight excluding hydrogens is 491 g/mol. The van der Waals surface area contributed by atoms with Gasteiger partial charge in [0.05, 0.1) is 24.7 Å². The summed E-state index contributed by atoms with van der Waals surface area (Å²) in [6.07, 6.45) is 0. The number of benzene rings is 1. The number of rotatable bonds is 9. The minimum absolute atomic E-state index is 0. The minimum atomic E-state index is -2.82. The van der Waals surface area contributed by atoms with Crippen molar-refractivity contribution in [2.24, 2.45) is 10.9 Å². The highest BCUT2D eigenvalue weighted by molar-refractivity contribution is 14.0. The van der Waals surface area contributed by atoms with E-state index in [0.29, 0.717) is 32.2 Å². The summed E-state index contributed by atoms with van der Waals surface area (Å²) in [5.74, 6) is 1.65. The Bertz CT molecular complexity index is 672. The van der Waals surface area contributed by atoms with Gasteiger partial charge < -0.3 is 15.4 Å². The highest BCUT2D eigenvalue weighted by atomic mass is 127. The maximum Gasteiger partial charge on any atom is 0.191 e. The first-order chi connectivity index (χ1) is 13.0. The molecule has 0 radical (unpaired) electrons. The van der Waals surface area contributed by atoms with Crippen molar-refractivity contribution in [1.29, 1.82) is 0 Å². The van der Waals surface area contributed by atoms with Gasteiger partial charge in [-0.2, -0.15) is 0 Å². The number of sulfone groups is 1. The second kappa shape index (κ2) is 13.3. The van der Waals surface area contributed by atoms with Crippen LogP contribution < -0.4 is 10.6 Å². The topological polar surface area (TPSA) is 83.0 Å². The van der Waals surface area contributed by atoms with E-state index in [1.165, 1.54) is 5.56 Å². The molecule has 2 rings (SSSR count). The summed E-state index contributed by atoms with van der Waals surface area (Å²) in [5, 5.41) is 6.59. The fourth-order valence-electron chi connectivity index (χ4n) is 2.81. The molecule has 0 aromatic heterocycles. The minimum Gasteiger partial charge on any atom is -0.376 e. The van der Waals surface area contributed by atoms with Gasteiger partial charge in [0.2, 0.25) is 0 Å². The first-order valence-corrected chi connectivity index (χ1v) is 11.3. The number of nitrogens with zero attached hydrogens (tertiary/aromatic N) is 2. The molecule has 0 bridgehead atoms. The number of aliphatic imine (C=N–C) groups is 1. The van der Waals surface area contributed by atoms with Gasteiger partial charge in [0.25, 0.3) is 0 Å². The van der Waals surface area contributed by atoms with Crippen LogP contribution in [0.25, 0.3) is 0 Å². The predicted molar refractivity (Wildman–Crippen MR) is 125 cm³/mol. The average Bonchev–Trinajstić information content (AvgIpc) is 2.66. The summed E-state index contributed by atoms with van der Waals surface area (Å²) >= 11 is 0. The zero-order valence-electron chi connectivity index (χ0n) is 16.8. The lowest BCUT2D eigenvalue weighted by atomic mass is 10.2. The standard InChI is InChI=1S/C19H32N4O3S.HI/c1-17(15-26-16-18-6-4-3-5-7-18)14-22-19(20-2)21-8-9-23-10-12-27(24,25)13-11-23;/h3-7,17H,8-16H2,1-2H3,(H2,20,21,22);1H. The summed E-state index contributed by atoms with van der Waals surface area (Å²) in [6, 6.07) is 10.2. The molecule has 1 heterocycles. The molecule has 0 spiro atoms. The third kappa shape index (κ3) is 10.0. The normalized spacial score (nSPS) is 18.1. The molecule has 1 fully saturated rings. The van der Waals surface area contributed by atoms with Crippen molar-refractivity contribution in [3.63, 3.8) is 0 Å². The van der Waals surface area contributed by atoms with Crippen molar-refractivity contribution < 1.29 is 13.2 Å². The lowest BCUT2D eigenvalue weighted by molar-refractivity contribution is 0.0931. The molecule has 1 aromatic carbocycles. The fourth-order valence-corrected chi connectivity index (χ4v) is 4.09. The second-order valence-corrected chi connectivity index (χ2v) is 9.28. The summed E-state index contributed by atoms with van der Waals surface area (Å²) in [4.78, 5) is 6.40. The summed E-state index contributed by atoms with van der Waals surface area (Å²) < 4.78 is 28.7. The molecule has 0 aliphatic carbocycles. The van der Waals surface area contributed by atoms with Crippen LogP contribution in [-0.4, -0.2) is 77.2 Å². The van der Waals surface area contributed by atoms with Crippen LogP contribution in [0.5, 0.6) is 0 Å². The highest BCUT2D eigenvalue weighted by Gasteiger charge is 2.20. The van der Waals surface area contributed by atoms with E-state index in [2.05, 4.69) is 39.6 Å². The monoisotopic (exact) mass is 524 g/mol. The third-order valence-electron chi connectivity index (χ3n) is 4.51. The van der Waals surface area contributed by atoms with E-state index < -0.39 is 9.84 Å². The maximum absolute atomic E-state index is 11.4. The van der Waals surface area contributed by atoms with E-state index in [0.717, 1.165) is 25.6 Å². The number of ether oxygens (including phenoxy) is 1. The lowest BCUT2D eigenvalue weighted by Gasteiger charge is -2.26. The van der Waals surface area contributed by atoms with E-state index in [1.54, 1.807) is 7.05 Å². The van der Waals surface area contributed by atoms with Crippen molar-refractivity contribution in [3.8, 4) is 0 Å². The van der Waals surface area contributed by atoms with Gasteiger partial charge in [0, 0.05) is 39.8 Å². The number of hydrogen-bond acceptors (Lipinski definition) is 5.